The van der Waals surface area contributed by atoms with E-state index in [9.17, 15) is 9.90 Å². The van der Waals surface area contributed by atoms with Gasteiger partial charge >= 0.3 is 5.97 Å². The molecule has 0 aliphatic carbocycles. The van der Waals surface area contributed by atoms with Crippen molar-refractivity contribution in [3.63, 3.8) is 0 Å². The lowest BCUT2D eigenvalue weighted by atomic mass is 9.93. The van der Waals surface area contributed by atoms with Crippen molar-refractivity contribution in [2.75, 3.05) is 6.54 Å². The minimum absolute atomic E-state index is 0.0209. The third-order valence-corrected chi connectivity index (χ3v) is 5.23. The Bertz CT molecular complexity index is 521. The summed E-state index contributed by atoms with van der Waals surface area (Å²) in [7, 11) is 0. The fraction of sp³-hybridized carbons (Fsp3) is 0.588. The monoisotopic (exact) mass is 343 g/mol. The highest BCUT2D eigenvalue weighted by atomic mass is 35.5. The van der Waals surface area contributed by atoms with Gasteiger partial charge in [-0.2, -0.15) is 0 Å². The van der Waals surface area contributed by atoms with Crippen LogP contribution in [0.15, 0.2) is 18.2 Å². The van der Waals surface area contributed by atoms with Crippen molar-refractivity contribution in [1.82, 2.24) is 4.90 Å². The van der Waals surface area contributed by atoms with Gasteiger partial charge in [0.15, 0.2) is 0 Å². The lowest BCUT2D eigenvalue weighted by molar-refractivity contribution is -0.146. The van der Waals surface area contributed by atoms with Gasteiger partial charge in [0.1, 0.15) is 6.04 Å². The molecule has 1 saturated heterocycles. The number of aliphatic carboxylic acids is 1. The Morgan fingerprint density at radius 3 is 2.86 bits per heavy atom. The molecule has 1 aliphatic heterocycles. The fourth-order valence-electron chi connectivity index (χ4n) is 3.27. The van der Waals surface area contributed by atoms with Crippen LogP contribution in [0.3, 0.4) is 0 Å². The number of carboxylic acids is 1. The van der Waals surface area contributed by atoms with E-state index in [0.29, 0.717) is 16.5 Å². The number of carbonyl (C=O) groups is 1. The minimum atomic E-state index is -0.737. The number of rotatable bonds is 6. The number of halogens is 2. The van der Waals surface area contributed by atoms with Crippen LogP contribution in [0.2, 0.25) is 10.0 Å². The van der Waals surface area contributed by atoms with E-state index in [2.05, 4.69) is 11.8 Å². The van der Waals surface area contributed by atoms with E-state index in [-0.39, 0.29) is 6.04 Å². The molecule has 1 fully saturated rings. The molecule has 1 aromatic rings. The number of hydrogen-bond donors (Lipinski definition) is 1. The summed E-state index contributed by atoms with van der Waals surface area (Å²) in [6, 6.07) is 5.23. The van der Waals surface area contributed by atoms with Gasteiger partial charge < -0.3 is 5.11 Å². The van der Waals surface area contributed by atoms with Crippen molar-refractivity contribution in [2.24, 2.45) is 0 Å². The van der Waals surface area contributed by atoms with Gasteiger partial charge in [-0.1, -0.05) is 61.5 Å². The molecule has 0 spiro atoms. The molecule has 1 aromatic carbocycles. The number of benzene rings is 1. The first-order chi connectivity index (χ1) is 10.6. The highest BCUT2D eigenvalue weighted by Crippen LogP contribution is 2.38. The Labute approximate surface area is 142 Å². The average molecular weight is 344 g/mol. The first-order valence-electron chi connectivity index (χ1n) is 7.98. The second kappa shape index (κ2) is 8.19. The number of piperidine rings is 1. The number of unbranched alkanes of at least 4 members (excludes halogenated alkanes) is 1. The molecule has 2 atom stereocenters. The number of carboxylic acid groups (broad SMARTS) is 1. The van der Waals surface area contributed by atoms with Crippen molar-refractivity contribution in [3.05, 3.63) is 33.8 Å². The fourth-order valence-corrected chi connectivity index (χ4v) is 3.70. The molecule has 0 bridgehead atoms. The molecule has 122 valence electrons. The van der Waals surface area contributed by atoms with E-state index in [1.165, 1.54) is 0 Å². The Hall–Kier alpha value is -0.770. The standard InChI is InChI=1S/C17H23Cl2NO2/c1-2-3-9-14(12-7-6-8-13(18)16(12)19)20-11-5-4-10-15(20)17(21)22/h6-8,14-15H,2-5,9-11H2,1H3,(H,21,22). The normalized spacial score (nSPS) is 20.8. The molecule has 0 aromatic heterocycles. The predicted molar refractivity (Wildman–Crippen MR) is 90.7 cm³/mol. The Kier molecular flexibility index (Phi) is 6.54. The zero-order valence-electron chi connectivity index (χ0n) is 12.9. The minimum Gasteiger partial charge on any atom is -0.480 e. The van der Waals surface area contributed by atoms with Crippen LogP contribution in [-0.2, 0) is 4.79 Å². The van der Waals surface area contributed by atoms with Crippen LogP contribution in [0.4, 0.5) is 0 Å². The maximum absolute atomic E-state index is 11.6. The second-order valence-electron chi connectivity index (χ2n) is 5.89. The Morgan fingerprint density at radius 1 is 1.41 bits per heavy atom. The molecule has 1 aliphatic rings. The van der Waals surface area contributed by atoms with Gasteiger partial charge in [-0.15, -0.1) is 0 Å². The van der Waals surface area contributed by atoms with Crippen LogP contribution in [0.5, 0.6) is 0 Å². The van der Waals surface area contributed by atoms with Gasteiger partial charge in [0.05, 0.1) is 10.0 Å². The van der Waals surface area contributed by atoms with Gasteiger partial charge in [-0.25, -0.2) is 0 Å². The maximum atomic E-state index is 11.6. The van der Waals surface area contributed by atoms with Crippen LogP contribution < -0.4 is 0 Å². The second-order valence-corrected chi connectivity index (χ2v) is 6.67. The highest BCUT2D eigenvalue weighted by molar-refractivity contribution is 6.42. The first-order valence-corrected chi connectivity index (χ1v) is 8.74. The third-order valence-electron chi connectivity index (χ3n) is 4.40. The van der Waals surface area contributed by atoms with Crippen LogP contribution >= 0.6 is 23.2 Å². The van der Waals surface area contributed by atoms with Gasteiger partial charge in [0.2, 0.25) is 0 Å². The van der Waals surface area contributed by atoms with Crippen molar-refractivity contribution < 1.29 is 9.90 Å². The molecule has 3 nitrogen and oxygen atoms in total. The van der Waals surface area contributed by atoms with E-state index >= 15 is 0 Å². The summed E-state index contributed by atoms with van der Waals surface area (Å²) in [6.45, 7) is 2.94. The molecule has 2 rings (SSSR count). The van der Waals surface area contributed by atoms with Crippen LogP contribution in [0.1, 0.15) is 57.1 Å². The quantitative estimate of drug-likeness (QED) is 0.774. The summed E-state index contributed by atoms with van der Waals surface area (Å²) < 4.78 is 0. The van der Waals surface area contributed by atoms with Crippen molar-refractivity contribution >= 4 is 29.2 Å². The van der Waals surface area contributed by atoms with E-state index in [0.717, 1.165) is 44.2 Å². The zero-order chi connectivity index (χ0) is 16.1. The molecule has 1 heterocycles. The van der Waals surface area contributed by atoms with Crippen LogP contribution in [0, 0.1) is 0 Å². The average Bonchev–Trinajstić information content (AvgIpc) is 2.52. The zero-order valence-corrected chi connectivity index (χ0v) is 14.4. The Balaban J connectivity index is 2.35. The van der Waals surface area contributed by atoms with Gasteiger partial charge in [0.25, 0.3) is 0 Å². The SMILES string of the molecule is CCCCC(c1cccc(Cl)c1Cl)N1CCCCC1C(=O)O. The van der Waals surface area contributed by atoms with Crippen LogP contribution in [0.25, 0.3) is 0 Å². The molecule has 0 radical (unpaired) electrons. The summed E-state index contributed by atoms with van der Waals surface area (Å²) in [5, 5.41) is 10.6. The van der Waals surface area contributed by atoms with Crippen molar-refractivity contribution in [1.29, 1.82) is 0 Å². The van der Waals surface area contributed by atoms with Gasteiger partial charge in [-0.3, -0.25) is 9.69 Å². The summed E-state index contributed by atoms with van der Waals surface area (Å²) in [4.78, 5) is 13.7. The number of likely N-dealkylation sites (tertiary alicyclic amines) is 1. The first kappa shape index (κ1) is 17.6. The van der Waals surface area contributed by atoms with Gasteiger partial charge in [-0.05, 0) is 37.4 Å². The van der Waals surface area contributed by atoms with Gasteiger partial charge in [0, 0.05) is 6.04 Å². The number of hydrogen-bond acceptors (Lipinski definition) is 2. The molecule has 2 unspecified atom stereocenters. The molecule has 0 saturated carbocycles. The number of nitrogens with zero attached hydrogens (tertiary/aromatic N) is 1. The van der Waals surface area contributed by atoms with E-state index in [1.807, 2.05) is 12.1 Å². The highest BCUT2D eigenvalue weighted by Gasteiger charge is 2.34. The summed E-state index contributed by atoms with van der Waals surface area (Å²) >= 11 is 12.6. The molecule has 22 heavy (non-hydrogen) atoms. The molecule has 0 amide bonds. The molecule has 1 N–H and O–H groups in total. The predicted octanol–water partition coefficient (Wildman–Crippen LogP) is 5.16. The van der Waals surface area contributed by atoms with Crippen molar-refractivity contribution in [3.8, 4) is 0 Å². The molecular weight excluding hydrogens is 321 g/mol. The molecular formula is C17H23Cl2NO2. The smallest absolute Gasteiger partial charge is 0.320 e. The largest absolute Gasteiger partial charge is 0.480 e. The van der Waals surface area contributed by atoms with E-state index in [4.69, 9.17) is 23.2 Å². The lowest BCUT2D eigenvalue weighted by Crippen LogP contribution is -2.46. The Morgan fingerprint density at radius 2 is 2.18 bits per heavy atom. The summed E-state index contributed by atoms with van der Waals surface area (Å²) in [5.41, 5.74) is 0.954. The lowest BCUT2D eigenvalue weighted by Gasteiger charge is -2.39. The summed E-state index contributed by atoms with van der Waals surface area (Å²) in [5.74, 6) is -0.737. The summed E-state index contributed by atoms with van der Waals surface area (Å²) in [6.07, 6.45) is 5.72. The van der Waals surface area contributed by atoms with E-state index in [1.54, 1.807) is 6.07 Å². The molecule has 5 heteroatoms. The third kappa shape index (κ3) is 3.95. The van der Waals surface area contributed by atoms with Crippen molar-refractivity contribution in [2.45, 2.75) is 57.5 Å². The maximum Gasteiger partial charge on any atom is 0.320 e. The van der Waals surface area contributed by atoms with Crippen LogP contribution in [-0.4, -0.2) is 28.6 Å². The topological polar surface area (TPSA) is 40.5 Å². The van der Waals surface area contributed by atoms with E-state index < -0.39 is 12.0 Å².